The highest BCUT2D eigenvalue weighted by atomic mass is 32.1. The number of rotatable bonds is 7. The van der Waals surface area contributed by atoms with Crippen LogP contribution in [-0.4, -0.2) is 50.4 Å². The van der Waals surface area contributed by atoms with Gasteiger partial charge in [-0.1, -0.05) is 41.7 Å². The topological polar surface area (TPSA) is 117 Å². The van der Waals surface area contributed by atoms with Crippen LogP contribution < -0.4 is 16.0 Å². The summed E-state index contributed by atoms with van der Waals surface area (Å²) < 4.78 is 0. The van der Waals surface area contributed by atoms with E-state index in [1.54, 1.807) is 13.1 Å². The first-order valence-electron chi connectivity index (χ1n) is 11.3. The monoisotopic (exact) mass is 479 g/mol. The number of hydrogen-bond acceptors (Lipinski definition) is 7. The van der Waals surface area contributed by atoms with Crippen molar-refractivity contribution in [1.29, 1.82) is 0 Å². The molecule has 2 aromatic heterocycles. The number of aryl methyl sites for hydroxylation is 1. The van der Waals surface area contributed by atoms with Gasteiger partial charge < -0.3 is 15.5 Å². The van der Waals surface area contributed by atoms with Crippen molar-refractivity contribution in [2.45, 2.75) is 45.7 Å². The standard InChI is InChI=1S/C24H29N7O2S/c1-4-30(15-17-9-6-5-7-10-17)21-26-13-11-18(28-21)19-16(2)27-22(34-19)29-23(33)31-14-8-12-24(31,3)20(25)32/h5-7,9-11,13H,4,8,12,14-15H2,1-3H3,(H2,25,32)(H,27,29,33)/t24-/m0/s1. The zero-order valence-electron chi connectivity index (χ0n) is 19.6. The predicted molar refractivity (Wildman–Crippen MR) is 134 cm³/mol. The first-order chi connectivity index (χ1) is 16.3. The summed E-state index contributed by atoms with van der Waals surface area (Å²) in [5.41, 5.74) is 7.27. The molecule has 0 saturated carbocycles. The van der Waals surface area contributed by atoms with E-state index in [9.17, 15) is 9.59 Å². The average molecular weight is 480 g/mol. The normalized spacial score (nSPS) is 17.6. The summed E-state index contributed by atoms with van der Waals surface area (Å²) in [6.45, 7) is 7.61. The Morgan fingerprint density at radius 3 is 2.71 bits per heavy atom. The number of hydrogen-bond donors (Lipinski definition) is 2. The molecular weight excluding hydrogens is 450 g/mol. The van der Waals surface area contributed by atoms with Crippen LogP contribution >= 0.6 is 11.3 Å². The lowest BCUT2D eigenvalue weighted by Gasteiger charge is -2.31. The number of likely N-dealkylation sites (tertiary alicyclic amines) is 1. The van der Waals surface area contributed by atoms with E-state index in [4.69, 9.17) is 10.7 Å². The molecule has 1 aliphatic rings. The van der Waals surface area contributed by atoms with Gasteiger partial charge in [0.25, 0.3) is 0 Å². The summed E-state index contributed by atoms with van der Waals surface area (Å²) in [6, 6.07) is 11.7. The zero-order valence-corrected chi connectivity index (χ0v) is 20.4. The molecule has 1 aromatic carbocycles. The number of nitrogens with two attached hydrogens (primary N) is 1. The third-order valence-corrected chi connectivity index (χ3v) is 7.28. The van der Waals surface area contributed by atoms with Gasteiger partial charge in [0.05, 0.1) is 16.3 Å². The Kier molecular flexibility index (Phi) is 6.78. The number of nitrogens with one attached hydrogen (secondary N) is 1. The summed E-state index contributed by atoms with van der Waals surface area (Å²) in [6.07, 6.45) is 3.03. The number of thiazole rings is 1. The summed E-state index contributed by atoms with van der Waals surface area (Å²) in [5.74, 6) is 0.136. The molecule has 0 radical (unpaired) electrons. The highest BCUT2D eigenvalue weighted by Crippen LogP contribution is 2.34. The van der Waals surface area contributed by atoms with E-state index < -0.39 is 11.4 Å². The second kappa shape index (κ2) is 9.76. The molecule has 3 heterocycles. The van der Waals surface area contributed by atoms with Crippen LogP contribution in [0.5, 0.6) is 0 Å². The summed E-state index contributed by atoms with van der Waals surface area (Å²) >= 11 is 1.35. The largest absolute Gasteiger partial charge is 0.368 e. The van der Waals surface area contributed by atoms with Crippen LogP contribution in [0.1, 0.15) is 37.9 Å². The van der Waals surface area contributed by atoms with E-state index in [-0.39, 0.29) is 6.03 Å². The zero-order chi connectivity index (χ0) is 24.3. The summed E-state index contributed by atoms with van der Waals surface area (Å²) in [7, 11) is 0. The molecule has 0 spiro atoms. The minimum atomic E-state index is -0.983. The number of nitrogens with zero attached hydrogens (tertiary/aromatic N) is 5. The third-order valence-electron chi connectivity index (χ3n) is 6.18. The Labute approximate surface area is 203 Å². The van der Waals surface area contributed by atoms with E-state index in [0.29, 0.717) is 30.6 Å². The first kappa shape index (κ1) is 23.6. The van der Waals surface area contributed by atoms with Crippen molar-refractivity contribution in [3.8, 4) is 10.6 Å². The molecule has 3 aromatic rings. The second-order valence-electron chi connectivity index (χ2n) is 8.50. The second-order valence-corrected chi connectivity index (χ2v) is 9.50. The fraction of sp³-hybridized carbons (Fsp3) is 0.375. The Hall–Kier alpha value is -3.53. The van der Waals surface area contributed by atoms with Gasteiger partial charge in [-0.25, -0.2) is 19.7 Å². The van der Waals surface area contributed by atoms with Crippen molar-refractivity contribution in [3.05, 3.63) is 53.9 Å². The van der Waals surface area contributed by atoms with E-state index in [0.717, 1.165) is 29.2 Å². The van der Waals surface area contributed by atoms with Crippen molar-refractivity contribution >= 4 is 34.4 Å². The minimum Gasteiger partial charge on any atom is -0.368 e. The van der Waals surface area contributed by atoms with Crippen LogP contribution in [0.4, 0.5) is 15.9 Å². The molecule has 1 saturated heterocycles. The fourth-order valence-electron chi connectivity index (χ4n) is 4.15. The summed E-state index contributed by atoms with van der Waals surface area (Å²) in [4.78, 5) is 43.1. The molecule has 1 atom stereocenters. The quantitative estimate of drug-likeness (QED) is 0.532. The minimum absolute atomic E-state index is 0.373. The van der Waals surface area contributed by atoms with Crippen LogP contribution in [-0.2, 0) is 11.3 Å². The van der Waals surface area contributed by atoms with Crippen molar-refractivity contribution in [2.24, 2.45) is 5.73 Å². The first-order valence-corrected chi connectivity index (χ1v) is 12.1. The van der Waals surface area contributed by atoms with Crippen LogP contribution in [0, 0.1) is 6.92 Å². The van der Waals surface area contributed by atoms with E-state index in [1.165, 1.54) is 21.8 Å². The van der Waals surface area contributed by atoms with Crippen molar-refractivity contribution in [2.75, 3.05) is 23.3 Å². The Bertz CT molecular complexity index is 1180. The van der Waals surface area contributed by atoms with Crippen LogP contribution in [0.15, 0.2) is 42.6 Å². The van der Waals surface area contributed by atoms with E-state index in [1.807, 2.05) is 31.2 Å². The number of urea groups is 1. The molecule has 34 heavy (non-hydrogen) atoms. The van der Waals surface area contributed by atoms with Gasteiger partial charge in [-0.05, 0) is 45.2 Å². The number of carbonyl (C=O) groups excluding carboxylic acids is 2. The fourth-order valence-corrected chi connectivity index (χ4v) is 5.07. The number of amides is 3. The molecule has 3 N–H and O–H groups in total. The number of aromatic nitrogens is 3. The molecule has 10 heteroatoms. The van der Waals surface area contributed by atoms with Crippen LogP contribution in [0.25, 0.3) is 10.6 Å². The molecule has 0 bridgehead atoms. The highest BCUT2D eigenvalue weighted by molar-refractivity contribution is 7.19. The maximum atomic E-state index is 12.9. The molecule has 9 nitrogen and oxygen atoms in total. The lowest BCUT2D eigenvalue weighted by atomic mass is 9.98. The Morgan fingerprint density at radius 1 is 1.24 bits per heavy atom. The maximum Gasteiger partial charge on any atom is 0.324 e. The van der Waals surface area contributed by atoms with Gasteiger partial charge in [0.1, 0.15) is 5.54 Å². The molecule has 0 unspecified atom stereocenters. The summed E-state index contributed by atoms with van der Waals surface area (Å²) in [5, 5.41) is 3.29. The molecule has 4 rings (SSSR count). The number of benzene rings is 1. The number of anilines is 2. The van der Waals surface area contributed by atoms with Crippen molar-refractivity contribution in [1.82, 2.24) is 19.9 Å². The van der Waals surface area contributed by atoms with Gasteiger partial charge in [0.15, 0.2) is 5.13 Å². The Morgan fingerprint density at radius 2 is 2.00 bits per heavy atom. The van der Waals surface area contributed by atoms with E-state index >= 15 is 0 Å². The lowest BCUT2D eigenvalue weighted by Crippen LogP contribution is -2.55. The average Bonchev–Trinajstić information content (AvgIpc) is 3.41. The Balaban J connectivity index is 1.53. The van der Waals surface area contributed by atoms with Gasteiger partial charge >= 0.3 is 6.03 Å². The maximum absolute atomic E-state index is 12.9. The van der Waals surface area contributed by atoms with Gasteiger partial charge in [-0.15, -0.1) is 0 Å². The number of primary amides is 1. The van der Waals surface area contributed by atoms with Crippen molar-refractivity contribution in [3.63, 3.8) is 0 Å². The van der Waals surface area contributed by atoms with Crippen LogP contribution in [0.2, 0.25) is 0 Å². The van der Waals surface area contributed by atoms with Gasteiger partial charge in [0, 0.05) is 25.8 Å². The molecule has 178 valence electrons. The molecule has 1 fully saturated rings. The molecule has 1 aliphatic heterocycles. The third kappa shape index (κ3) is 4.72. The molecular formula is C24H29N7O2S. The molecule has 3 amide bonds. The SMILES string of the molecule is CCN(Cc1ccccc1)c1nccc(-c2sc(NC(=O)N3CCC[C@@]3(C)C(N)=O)nc2C)n1. The lowest BCUT2D eigenvalue weighted by molar-refractivity contribution is -0.126. The number of carbonyl (C=O) groups is 2. The predicted octanol–water partition coefficient (Wildman–Crippen LogP) is 3.81. The van der Waals surface area contributed by atoms with E-state index in [2.05, 4.69) is 39.2 Å². The van der Waals surface area contributed by atoms with Gasteiger partial charge in [-0.2, -0.15) is 0 Å². The smallest absolute Gasteiger partial charge is 0.324 e. The van der Waals surface area contributed by atoms with Gasteiger partial charge in [-0.3, -0.25) is 10.1 Å². The molecule has 0 aliphatic carbocycles. The van der Waals surface area contributed by atoms with Gasteiger partial charge in [0.2, 0.25) is 11.9 Å². The van der Waals surface area contributed by atoms with Crippen LogP contribution in [0.3, 0.4) is 0 Å². The van der Waals surface area contributed by atoms with Crippen molar-refractivity contribution < 1.29 is 9.59 Å². The highest BCUT2D eigenvalue weighted by Gasteiger charge is 2.44.